The van der Waals surface area contributed by atoms with E-state index in [1.807, 2.05) is 12.3 Å². The molecule has 188 valence electrons. The Morgan fingerprint density at radius 3 is 2.53 bits per heavy atom. The van der Waals surface area contributed by atoms with E-state index in [9.17, 15) is 13.2 Å². The molecule has 4 nitrogen and oxygen atoms in total. The van der Waals surface area contributed by atoms with Crippen LogP contribution >= 0.6 is 0 Å². The van der Waals surface area contributed by atoms with Crippen LogP contribution in [0.25, 0.3) is 0 Å². The Morgan fingerprint density at radius 2 is 1.81 bits per heavy atom. The second kappa shape index (κ2) is 9.26. The van der Waals surface area contributed by atoms with Gasteiger partial charge in [0.1, 0.15) is 6.61 Å². The largest absolute Gasteiger partial charge is 0.483 e. The lowest BCUT2D eigenvalue weighted by Gasteiger charge is -2.19. The van der Waals surface area contributed by atoms with Gasteiger partial charge in [0, 0.05) is 18.2 Å². The number of alkyl halides is 3. The van der Waals surface area contributed by atoms with Crippen LogP contribution in [0.15, 0.2) is 54.7 Å². The van der Waals surface area contributed by atoms with Crippen molar-refractivity contribution in [3.05, 3.63) is 93.7 Å². The third kappa shape index (κ3) is 4.59. The van der Waals surface area contributed by atoms with Gasteiger partial charge in [-0.25, -0.2) is 4.98 Å². The molecule has 1 heterocycles. The lowest BCUT2D eigenvalue weighted by molar-refractivity contribution is -0.138. The molecule has 1 aromatic heterocycles. The third-order valence-electron chi connectivity index (χ3n) is 7.73. The second-order valence-corrected chi connectivity index (χ2v) is 10.2. The van der Waals surface area contributed by atoms with Crippen LogP contribution in [0, 0.1) is 5.92 Å². The van der Waals surface area contributed by atoms with Gasteiger partial charge in [0.2, 0.25) is 5.88 Å². The molecule has 0 amide bonds. The van der Waals surface area contributed by atoms with Crippen molar-refractivity contribution >= 4 is 6.47 Å². The van der Waals surface area contributed by atoms with Gasteiger partial charge in [0.05, 0.1) is 5.56 Å². The predicted molar refractivity (Wildman–Crippen MR) is 129 cm³/mol. The summed E-state index contributed by atoms with van der Waals surface area (Å²) in [6.07, 6.45) is 2.54. The van der Waals surface area contributed by atoms with Gasteiger partial charge in [-0.05, 0) is 82.9 Å². The standard InChI is InChI=1S/C28H26F3NO.CH2O2/c1-17-10-19-13-26(32-15-20(19)11-17)33-16-18-6-7-24-22(12-18)23(14-27(24)8-9-27)21-4-2-3-5-25(21)28(29,30)31;2-1-3/h2-7,12-13,15,17,23H,8-11,14,16H2,1H3;1H,(H,2,3). The van der Waals surface area contributed by atoms with Crippen molar-refractivity contribution in [2.45, 2.75) is 63.1 Å². The normalized spacial score (nSPS) is 20.8. The minimum Gasteiger partial charge on any atom is -0.483 e. The molecule has 0 radical (unpaired) electrons. The molecule has 6 rings (SSSR count). The molecule has 2 unspecified atom stereocenters. The molecule has 36 heavy (non-hydrogen) atoms. The molecule has 2 atom stereocenters. The number of ether oxygens (including phenoxy) is 1. The van der Waals surface area contributed by atoms with Crippen LogP contribution in [-0.4, -0.2) is 16.6 Å². The molecular weight excluding hydrogens is 467 g/mol. The van der Waals surface area contributed by atoms with E-state index in [1.54, 1.807) is 12.1 Å². The highest BCUT2D eigenvalue weighted by atomic mass is 19.4. The van der Waals surface area contributed by atoms with E-state index in [0.29, 0.717) is 24.0 Å². The maximum absolute atomic E-state index is 13.8. The van der Waals surface area contributed by atoms with Crippen LogP contribution in [0.1, 0.15) is 71.0 Å². The topological polar surface area (TPSA) is 59.4 Å². The number of hydrogen-bond acceptors (Lipinski definition) is 3. The van der Waals surface area contributed by atoms with Crippen molar-refractivity contribution in [1.29, 1.82) is 0 Å². The summed E-state index contributed by atoms with van der Waals surface area (Å²) in [6, 6.07) is 14.3. The molecule has 2 aromatic carbocycles. The van der Waals surface area contributed by atoms with E-state index in [2.05, 4.69) is 30.1 Å². The van der Waals surface area contributed by atoms with Gasteiger partial charge in [-0.1, -0.05) is 43.3 Å². The maximum Gasteiger partial charge on any atom is 0.416 e. The van der Waals surface area contributed by atoms with Crippen molar-refractivity contribution in [3.8, 4) is 5.88 Å². The Balaban J connectivity index is 0.000000848. The number of pyridine rings is 1. The number of carbonyl (C=O) groups is 1. The zero-order valence-corrected chi connectivity index (χ0v) is 20.0. The van der Waals surface area contributed by atoms with Crippen LogP contribution in [0.4, 0.5) is 13.2 Å². The first-order valence-electron chi connectivity index (χ1n) is 12.2. The summed E-state index contributed by atoms with van der Waals surface area (Å²) in [4.78, 5) is 12.8. The Hall–Kier alpha value is -3.35. The van der Waals surface area contributed by atoms with E-state index in [0.717, 1.165) is 43.2 Å². The maximum atomic E-state index is 13.8. The van der Waals surface area contributed by atoms with E-state index in [1.165, 1.54) is 28.8 Å². The van der Waals surface area contributed by atoms with Gasteiger partial charge >= 0.3 is 6.18 Å². The summed E-state index contributed by atoms with van der Waals surface area (Å²) in [5, 5.41) is 6.89. The highest BCUT2D eigenvalue weighted by molar-refractivity contribution is 5.54. The molecular formula is C29H28F3NO3. The number of carboxylic acid groups (broad SMARTS) is 1. The van der Waals surface area contributed by atoms with Crippen LogP contribution in [0.3, 0.4) is 0 Å². The molecule has 7 heteroatoms. The Labute approximate surface area is 208 Å². The first-order chi connectivity index (χ1) is 17.2. The van der Waals surface area contributed by atoms with Gasteiger partial charge in [-0.3, -0.25) is 4.79 Å². The number of fused-ring (bicyclic) bond motifs is 3. The highest BCUT2D eigenvalue weighted by Gasteiger charge is 2.53. The van der Waals surface area contributed by atoms with E-state index < -0.39 is 11.7 Å². The molecule has 0 aliphatic heterocycles. The average molecular weight is 496 g/mol. The zero-order chi connectivity index (χ0) is 25.5. The summed E-state index contributed by atoms with van der Waals surface area (Å²) in [7, 11) is 0. The Kier molecular flexibility index (Phi) is 6.27. The molecule has 3 aliphatic rings. The second-order valence-electron chi connectivity index (χ2n) is 10.2. The third-order valence-corrected chi connectivity index (χ3v) is 7.73. The lowest BCUT2D eigenvalue weighted by Crippen LogP contribution is -2.12. The van der Waals surface area contributed by atoms with Crippen LogP contribution in [0.2, 0.25) is 0 Å². The highest BCUT2D eigenvalue weighted by Crippen LogP contribution is 2.62. The number of hydrogen-bond donors (Lipinski definition) is 1. The summed E-state index contributed by atoms with van der Waals surface area (Å²) in [6.45, 7) is 2.35. The molecule has 3 aliphatic carbocycles. The Bertz CT molecular complexity index is 1280. The fourth-order valence-electron chi connectivity index (χ4n) is 5.98. The lowest BCUT2D eigenvalue weighted by atomic mass is 9.88. The molecule has 1 spiro atoms. The first-order valence-corrected chi connectivity index (χ1v) is 12.2. The molecule has 1 saturated carbocycles. The summed E-state index contributed by atoms with van der Waals surface area (Å²) in [5.41, 5.74) is 5.75. The van der Waals surface area contributed by atoms with E-state index in [4.69, 9.17) is 14.6 Å². The Morgan fingerprint density at radius 1 is 1.08 bits per heavy atom. The molecule has 0 bridgehead atoms. The smallest absolute Gasteiger partial charge is 0.416 e. The summed E-state index contributed by atoms with van der Waals surface area (Å²) < 4.78 is 47.3. The van der Waals surface area contributed by atoms with Crippen LogP contribution in [-0.2, 0) is 35.8 Å². The van der Waals surface area contributed by atoms with Crippen molar-refractivity contribution < 1.29 is 27.8 Å². The van der Waals surface area contributed by atoms with Gasteiger partial charge in [-0.2, -0.15) is 13.2 Å². The molecule has 0 saturated heterocycles. The van der Waals surface area contributed by atoms with Gasteiger partial charge in [0.15, 0.2) is 0 Å². The number of benzene rings is 2. The van der Waals surface area contributed by atoms with Crippen LogP contribution < -0.4 is 4.74 Å². The molecule has 3 aromatic rings. The van der Waals surface area contributed by atoms with Gasteiger partial charge in [0.25, 0.3) is 6.47 Å². The number of aromatic nitrogens is 1. The number of halogens is 3. The van der Waals surface area contributed by atoms with Crippen molar-refractivity contribution in [3.63, 3.8) is 0 Å². The molecule has 1 N–H and O–H groups in total. The SMILES string of the molecule is CC1Cc2cnc(OCc3ccc4c(c3)C(c3ccccc3C(F)(F)F)CC43CC3)cc2C1.O=CO. The van der Waals surface area contributed by atoms with Crippen molar-refractivity contribution in [2.75, 3.05) is 0 Å². The van der Waals surface area contributed by atoms with Crippen LogP contribution in [0.5, 0.6) is 5.88 Å². The van der Waals surface area contributed by atoms with Crippen molar-refractivity contribution in [2.24, 2.45) is 5.92 Å². The quantitative estimate of drug-likeness (QED) is 0.410. The fraction of sp³-hybridized carbons (Fsp3) is 0.379. The zero-order valence-electron chi connectivity index (χ0n) is 20.0. The van der Waals surface area contributed by atoms with Gasteiger partial charge < -0.3 is 9.84 Å². The minimum atomic E-state index is -4.35. The monoisotopic (exact) mass is 495 g/mol. The average Bonchev–Trinajstić information content (AvgIpc) is 3.42. The minimum absolute atomic E-state index is 0.0519. The number of nitrogens with zero attached hydrogens (tertiary/aromatic N) is 1. The fourth-order valence-corrected chi connectivity index (χ4v) is 5.98. The predicted octanol–water partition coefficient (Wildman–Crippen LogP) is 6.68. The van der Waals surface area contributed by atoms with E-state index in [-0.39, 0.29) is 17.8 Å². The number of rotatable bonds is 4. The van der Waals surface area contributed by atoms with Gasteiger partial charge in [-0.15, -0.1) is 0 Å². The summed E-state index contributed by atoms with van der Waals surface area (Å²) in [5.74, 6) is 1.01. The summed E-state index contributed by atoms with van der Waals surface area (Å²) >= 11 is 0. The first kappa shape index (κ1) is 24.3. The molecule has 1 fully saturated rings. The van der Waals surface area contributed by atoms with E-state index >= 15 is 0 Å². The van der Waals surface area contributed by atoms with Crippen molar-refractivity contribution in [1.82, 2.24) is 4.98 Å².